The van der Waals surface area contributed by atoms with E-state index in [0.717, 1.165) is 0 Å². The Labute approximate surface area is 94.2 Å². The third-order valence-corrected chi connectivity index (χ3v) is 2.99. The lowest BCUT2D eigenvalue weighted by atomic mass is 9.95. The van der Waals surface area contributed by atoms with Gasteiger partial charge in [-0.15, -0.1) is 0 Å². The van der Waals surface area contributed by atoms with Gasteiger partial charge in [-0.05, 0) is 13.3 Å². The molecule has 1 rings (SSSR count). The summed E-state index contributed by atoms with van der Waals surface area (Å²) in [5, 5.41) is 4.29. The molecule has 0 aliphatic rings. The van der Waals surface area contributed by atoms with Crippen LogP contribution in [0.15, 0.2) is 6.20 Å². The molecule has 0 aromatic carbocycles. The van der Waals surface area contributed by atoms with Gasteiger partial charge in [0.25, 0.3) is 0 Å². The molecular weight excluding hydrogens is 216 g/mol. The highest BCUT2D eigenvalue weighted by atomic mass is 35.5. The maximum atomic E-state index is 12.2. The van der Waals surface area contributed by atoms with Gasteiger partial charge in [0.15, 0.2) is 0 Å². The maximum Gasteiger partial charge on any atom is 0.213 e. The Bertz CT molecular complexity index is 350. The van der Waals surface area contributed by atoms with Gasteiger partial charge in [0.05, 0.1) is 11.2 Å². The minimum atomic E-state index is -0.836. The number of ether oxygens (including phenoxy) is 1. The summed E-state index contributed by atoms with van der Waals surface area (Å²) in [7, 11) is 3.20. The molecule has 84 valence electrons. The number of nitrogens with zero attached hydrogens (tertiary/aromatic N) is 2. The van der Waals surface area contributed by atoms with Gasteiger partial charge < -0.3 is 4.74 Å². The van der Waals surface area contributed by atoms with Crippen LogP contribution in [0.3, 0.4) is 0 Å². The Morgan fingerprint density at radius 3 is 2.67 bits per heavy atom. The van der Waals surface area contributed by atoms with E-state index >= 15 is 0 Å². The van der Waals surface area contributed by atoms with E-state index in [0.29, 0.717) is 17.1 Å². The first kappa shape index (κ1) is 12.2. The van der Waals surface area contributed by atoms with Gasteiger partial charge in [0.1, 0.15) is 11.3 Å². The van der Waals surface area contributed by atoms with Gasteiger partial charge in [-0.1, -0.05) is 18.5 Å². The molecule has 1 unspecified atom stereocenters. The molecule has 0 aliphatic carbocycles. The van der Waals surface area contributed by atoms with Crippen LogP contribution in [0, 0.1) is 0 Å². The van der Waals surface area contributed by atoms with Gasteiger partial charge in [-0.2, -0.15) is 5.10 Å². The predicted molar refractivity (Wildman–Crippen MR) is 58.3 cm³/mol. The average Bonchev–Trinajstić information content (AvgIpc) is 2.56. The Balaban J connectivity index is 3.14. The average molecular weight is 231 g/mol. The lowest BCUT2D eigenvalue weighted by Gasteiger charge is -2.24. The quantitative estimate of drug-likeness (QED) is 0.744. The highest BCUT2D eigenvalue weighted by Gasteiger charge is 2.35. The highest BCUT2D eigenvalue weighted by molar-refractivity contribution is 6.34. The van der Waals surface area contributed by atoms with Gasteiger partial charge >= 0.3 is 0 Å². The van der Waals surface area contributed by atoms with Crippen molar-refractivity contribution in [3.8, 4) is 0 Å². The molecule has 0 fully saturated rings. The number of rotatable bonds is 4. The number of carbonyl (C=O) groups is 1. The molecule has 5 heteroatoms. The number of hydrogen-bond donors (Lipinski definition) is 0. The molecule has 0 saturated carbocycles. The summed E-state index contributed by atoms with van der Waals surface area (Å²) in [6.07, 6.45) is 2.05. The smallest absolute Gasteiger partial charge is 0.213 e. The SMILES string of the molecule is CCC(C)(OC)C(=O)c1c(Cl)cnn1C. The van der Waals surface area contributed by atoms with Crippen LogP contribution in [0.5, 0.6) is 0 Å². The molecule has 1 atom stereocenters. The van der Waals surface area contributed by atoms with Crippen LogP contribution < -0.4 is 0 Å². The Hall–Kier alpha value is -0.870. The van der Waals surface area contributed by atoms with Crippen molar-refractivity contribution < 1.29 is 9.53 Å². The topological polar surface area (TPSA) is 44.1 Å². The van der Waals surface area contributed by atoms with Gasteiger partial charge in [-0.3, -0.25) is 9.48 Å². The number of ketones is 1. The van der Waals surface area contributed by atoms with Crippen LogP contribution in [0.4, 0.5) is 0 Å². The Kier molecular flexibility index (Phi) is 3.52. The van der Waals surface area contributed by atoms with Crippen molar-refractivity contribution in [2.24, 2.45) is 7.05 Å². The number of hydrogen-bond acceptors (Lipinski definition) is 3. The molecule has 0 bridgehead atoms. The highest BCUT2D eigenvalue weighted by Crippen LogP contribution is 2.24. The van der Waals surface area contributed by atoms with Crippen LogP contribution in [-0.4, -0.2) is 28.3 Å². The molecule has 0 aliphatic heterocycles. The summed E-state index contributed by atoms with van der Waals surface area (Å²) in [6.45, 7) is 3.64. The predicted octanol–water partition coefficient (Wildman–Crippen LogP) is 2.07. The van der Waals surface area contributed by atoms with Crippen LogP contribution in [-0.2, 0) is 11.8 Å². The van der Waals surface area contributed by atoms with E-state index < -0.39 is 5.60 Å². The zero-order chi connectivity index (χ0) is 11.6. The van der Waals surface area contributed by atoms with Crippen molar-refractivity contribution in [2.45, 2.75) is 25.9 Å². The summed E-state index contributed by atoms with van der Waals surface area (Å²) in [5.41, 5.74) is -0.444. The zero-order valence-corrected chi connectivity index (χ0v) is 10.1. The van der Waals surface area contributed by atoms with E-state index in [1.807, 2.05) is 6.92 Å². The fourth-order valence-electron chi connectivity index (χ4n) is 1.31. The van der Waals surface area contributed by atoms with Crippen molar-refractivity contribution in [1.82, 2.24) is 9.78 Å². The molecule has 4 nitrogen and oxygen atoms in total. The molecule has 0 saturated heterocycles. The molecule has 15 heavy (non-hydrogen) atoms. The van der Waals surface area contributed by atoms with Crippen LogP contribution in [0.25, 0.3) is 0 Å². The second kappa shape index (κ2) is 4.33. The van der Waals surface area contributed by atoms with E-state index in [1.165, 1.54) is 18.0 Å². The number of Topliss-reactive ketones (excluding diaryl/α,β-unsaturated/α-hetero) is 1. The molecule has 1 aromatic heterocycles. The fraction of sp³-hybridized carbons (Fsp3) is 0.600. The van der Waals surface area contributed by atoms with Crippen LogP contribution in [0.2, 0.25) is 5.02 Å². The molecular formula is C10H15ClN2O2. The van der Waals surface area contributed by atoms with E-state index in [4.69, 9.17) is 16.3 Å². The number of halogens is 1. The van der Waals surface area contributed by atoms with Crippen LogP contribution in [0.1, 0.15) is 30.8 Å². The largest absolute Gasteiger partial charge is 0.370 e. The normalized spacial score (nSPS) is 15.0. The van der Waals surface area contributed by atoms with Crippen LogP contribution >= 0.6 is 11.6 Å². The molecule has 0 amide bonds. The molecule has 0 radical (unpaired) electrons. The van der Waals surface area contributed by atoms with Gasteiger partial charge in [0, 0.05) is 14.2 Å². The first-order valence-corrected chi connectivity index (χ1v) is 5.11. The van der Waals surface area contributed by atoms with Crippen molar-refractivity contribution in [2.75, 3.05) is 7.11 Å². The van der Waals surface area contributed by atoms with E-state index in [-0.39, 0.29) is 5.78 Å². The summed E-state index contributed by atoms with van der Waals surface area (Å²) >= 11 is 5.90. The molecule has 1 aromatic rings. The summed E-state index contributed by atoms with van der Waals surface area (Å²) in [5.74, 6) is -0.141. The van der Waals surface area contributed by atoms with E-state index in [2.05, 4.69) is 5.10 Å². The van der Waals surface area contributed by atoms with Crippen molar-refractivity contribution in [1.29, 1.82) is 0 Å². The third-order valence-electron chi connectivity index (χ3n) is 2.71. The minimum Gasteiger partial charge on any atom is -0.370 e. The second-order valence-corrected chi connectivity index (χ2v) is 3.99. The van der Waals surface area contributed by atoms with Gasteiger partial charge in [0.2, 0.25) is 5.78 Å². The zero-order valence-electron chi connectivity index (χ0n) is 9.37. The Morgan fingerprint density at radius 1 is 1.73 bits per heavy atom. The lowest BCUT2D eigenvalue weighted by molar-refractivity contribution is 0.00980. The summed E-state index contributed by atoms with van der Waals surface area (Å²) < 4.78 is 6.70. The molecule has 1 heterocycles. The summed E-state index contributed by atoms with van der Waals surface area (Å²) in [6, 6.07) is 0. The monoisotopic (exact) mass is 230 g/mol. The first-order chi connectivity index (χ1) is 6.96. The standard InChI is InChI=1S/C10H15ClN2O2/c1-5-10(2,15-4)9(14)8-7(11)6-12-13(8)3/h6H,5H2,1-4H3. The van der Waals surface area contributed by atoms with Crippen molar-refractivity contribution in [3.05, 3.63) is 16.9 Å². The lowest BCUT2D eigenvalue weighted by Crippen LogP contribution is -2.38. The number of methoxy groups -OCH3 is 1. The maximum absolute atomic E-state index is 12.2. The van der Waals surface area contributed by atoms with Gasteiger partial charge in [-0.25, -0.2) is 0 Å². The number of aryl methyl sites for hydroxylation is 1. The second-order valence-electron chi connectivity index (χ2n) is 3.58. The number of carbonyl (C=O) groups excluding carboxylic acids is 1. The summed E-state index contributed by atoms with van der Waals surface area (Å²) in [4.78, 5) is 12.2. The first-order valence-electron chi connectivity index (χ1n) is 4.73. The van der Waals surface area contributed by atoms with Crippen molar-refractivity contribution in [3.63, 3.8) is 0 Å². The van der Waals surface area contributed by atoms with E-state index in [1.54, 1.807) is 14.0 Å². The molecule has 0 spiro atoms. The number of aromatic nitrogens is 2. The Morgan fingerprint density at radius 2 is 2.33 bits per heavy atom. The molecule has 0 N–H and O–H groups in total. The van der Waals surface area contributed by atoms with Crippen molar-refractivity contribution >= 4 is 17.4 Å². The minimum absolute atomic E-state index is 0.141. The fourth-order valence-corrected chi connectivity index (χ4v) is 1.57. The third kappa shape index (κ3) is 2.06. The van der Waals surface area contributed by atoms with E-state index in [9.17, 15) is 4.79 Å².